The number of ether oxygens (including phenoxy) is 1. The van der Waals surface area contributed by atoms with Gasteiger partial charge in [0.05, 0.1) is 12.7 Å². The Morgan fingerprint density at radius 1 is 1.29 bits per heavy atom. The van der Waals surface area contributed by atoms with Crippen LogP contribution >= 0.6 is 0 Å². The van der Waals surface area contributed by atoms with Crippen LogP contribution in [0.5, 0.6) is 0 Å². The maximum atomic E-state index is 11.4. The molecule has 1 aromatic rings. The first-order chi connectivity index (χ1) is 8.13. The van der Waals surface area contributed by atoms with E-state index in [0.717, 1.165) is 17.8 Å². The van der Waals surface area contributed by atoms with E-state index in [1.165, 1.54) is 0 Å². The summed E-state index contributed by atoms with van der Waals surface area (Å²) in [5.41, 5.74) is 1.79. The number of hydrogen-bond acceptors (Lipinski definition) is 3. The molecule has 0 atom stereocenters. The number of rotatable bonds is 7. The first-order valence-electron chi connectivity index (χ1n) is 6.12. The van der Waals surface area contributed by atoms with Gasteiger partial charge < -0.3 is 10.1 Å². The van der Waals surface area contributed by atoms with Crippen molar-refractivity contribution in [3.05, 3.63) is 29.8 Å². The number of benzene rings is 1. The maximum Gasteiger partial charge on any atom is 0.162 e. The highest BCUT2D eigenvalue weighted by Crippen LogP contribution is 2.10. The molecule has 0 amide bonds. The van der Waals surface area contributed by atoms with Crippen molar-refractivity contribution in [1.82, 2.24) is 0 Å². The second-order valence-electron chi connectivity index (χ2n) is 4.20. The van der Waals surface area contributed by atoms with Gasteiger partial charge in [-0.05, 0) is 38.1 Å². The van der Waals surface area contributed by atoms with Crippen molar-refractivity contribution in [3.63, 3.8) is 0 Å². The van der Waals surface area contributed by atoms with Gasteiger partial charge in [0.2, 0.25) is 0 Å². The Morgan fingerprint density at radius 2 is 1.94 bits per heavy atom. The van der Waals surface area contributed by atoms with Crippen LogP contribution in [0.25, 0.3) is 0 Å². The van der Waals surface area contributed by atoms with E-state index < -0.39 is 0 Å². The van der Waals surface area contributed by atoms with E-state index in [2.05, 4.69) is 5.32 Å². The van der Waals surface area contributed by atoms with Crippen LogP contribution in [0.2, 0.25) is 0 Å². The van der Waals surface area contributed by atoms with Crippen molar-refractivity contribution in [2.75, 3.05) is 18.5 Å². The maximum absolute atomic E-state index is 11.4. The third-order valence-electron chi connectivity index (χ3n) is 2.41. The lowest BCUT2D eigenvalue weighted by atomic mass is 10.1. The second-order valence-corrected chi connectivity index (χ2v) is 4.20. The molecule has 0 aliphatic carbocycles. The zero-order valence-corrected chi connectivity index (χ0v) is 10.8. The van der Waals surface area contributed by atoms with Crippen molar-refractivity contribution in [2.45, 2.75) is 33.3 Å². The quantitative estimate of drug-likeness (QED) is 0.583. The van der Waals surface area contributed by atoms with Crippen LogP contribution in [0.15, 0.2) is 24.3 Å². The first kappa shape index (κ1) is 13.7. The standard InChI is InChI=1S/C14H21NO2/c1-4-14(16)12-5-7-13(8-6-12)15-9-10-17-11(2)3/h5-8,11,15H,4,9-10H2,1-3H3. The molecule has 0 aliphatic heterocycles. The zero-order chi connectivity index (χ0) is 12.7. The van der Waals surface area contributed by atoms with Crippen LogP contribution < -0.4 is 5.32 Å². The number of carbonyl (C=O) groups excluding carboxylic acids is 1. The minimum Gasteiger partial charge on any atom is -0.383 e. The molecule has 3 heteroatoms. The average Bonchev–Trinajstić information content (AvgIpc) is 2.34. The highest BCUT2D eigenvalue weighted by molar-refractivity contribution is 5.96. The van der Waals surface area contributed by atoms with Crippen molar-refractivity contribution in [3.8, 4) is 0 Å². The monoisotopic (exact) mass is 235 g/mol. The zero-order valence-electron chi connectivity index (χ0n) is 10.8. The van der Waals surface area contributed by atoms with E-state index in [1.54, 1.807) is 0 Å². The van der Waals surface area contributed by atoms with Crippen molar-refractivity contribution >= 4 is 11.5 Å². The summed E-state index contributed by atoms with van der Waals surface area (Å²) >= 11 is 0. The molecule has 17 heavy (non-hydrogen) atoms. The summed E-state index contributed by atoms with van der Waals surface area (Å²) in [5, 5.41) is 3.25. The molecule has 0 bridgehead atoms. The SMILES string of the molecule is CCC(=O)c1ccc(NCCOC(C)C)cc1. The minimum atomic E-state index is 0.180. The van der Waals surface area contributed by atoms with Crippen LogP contribution in [-0.4, -0.2) is 25.0 Å². The molecule has 0 heterocycles. The summed E-state index contributed by atoms with van der Waals surface area (Å²) in [6.07, 6.45) is 0.816. The lowest BCUT2D eigenvalue weighted by Gasteiger charge is -2.09. The van der Waals surface area contributed by atoms with Gasteiger partial charge in [0.15, 0.2) is 5.78 Å². The van der Waals surface area contributed by atoms with Crippen LogP contribution in [0.4, 0.5) is 5.69 Å². The Balaban J connectivity index is 2.38. The van der Waals surface area contributed by atoms with E-state index in [-0.39, 0.29) is 11.9 Å². The average molecular weight is 235 g/mol. The van der Waals surface area contributed by atoms with E-state index in [4.69, 9.17) is 4.74 Å². The fraction of sp³-hybridized carbons (Fsp3) is 0.500. The van der Waals surface area contributed by atoms with Crippen molar-refractivity contribution in [1.29, 1.82) is 0 Å². The molecule has 0 saturated carbocycles. The minimum absolute atomic E-state index is 0.180. The molecule has 0 spiro atoms. The van der Waals surface area contributed by atoms with Crippen molar-refractivity contribution < 1.29 is 9.53 Å². The summed E-state index contributed by atoms with van der Waals surface area (Å²) in [5.74, 6) is 0.180. The summed E-state index contributed by atoms with van der Waals surface area (Å²) in [4.78, 5) is 11.4. The molecule has 0 radical (unpaired) electrons. The molecule has 0 aliphatic rings. The van der Waals surface area contributed by atoms with E-state index in [1.807, 2.05) is 45.0 Å². The Labute approximate surface area is 103 Å². The smallest absolute Gasteiger partial charge is 0.162 e. The molecule has 1 rings (SSSR count). The molecule has 1 N–H and O–H groups in total. The van der Waals surface area contributed by atoms with Crippen molar-refractivity contribution in [2.24, 2.45) is 0 Å². The predicted molar refractivity (Wildman–Crippen MR) is 70.6 cm³/mol. The lowest BCUT2D eigenvalue weighted by molar-refractivity contribution is 0.0870. The molecule has 0 aromatic heterocycles. The van der Waals surface area contributed by atoms with E-state index >= 15 is 0 Å². The Kier molecular flexibility index (Phi) is 5.70. The molecule has 3 nitrogen and oxygen atoms in total. The summed E-state index contributed by atoms with van der Waals surface area (Å²) in [7, 11) is 0. The summed E-state index contributed by atoms with van der Waals surface area (Å²) in [6.45, 7) is 7.38. The Bertz CT molecular complexity index is 344. The van der Waals surface area contributed by atoms with Crippen LogP contribution in [0, 0.1) is 0 Å². The fourth-order valence-electron chi connectivity index (χ4n) is 1.47. The van der Waals surface area contributed by atoms with Gasteiger partial charge >= 0.3 is 0 Å². The lowest BCUT2D eigenvalue weighted by Crippen LogP contribution is -2.13. The number of Topliss-reactive ketones (excluding diaryl/α,β-unsaturated/α-hetero) is 1. The molecule has 1 aromatic carbocycles. The number of ketones is 1. The largest absolute Gasteiger partial charge is 0.383 e. The first-order valence-corrected chi connectivity index (χ1v) is 6.12. The van der Waals surface area contributed by atoms with Gasteiger partial charge in [-0.2, -0.15) is 0 Å². The number of nitrogens with one attached hydrogen (secondary N) is 1. The second kappa shape index (κ2) is 7.07. The van der Waals surface area contributed by atoms with Gasteiger partial charge in [0.25, 0.3) is 0 Å². The van der Waals surface area contributed by atoms with Gasteiger partial charge in [-0.3, -0.25) is 4.79 Å². The number of carbonyl (C=O) groups is 1. The molecule has 94 valence electrons. The topological polar surface area (TPSA) is 38.3 Å². The highest BCUT2D eigenvalue weighted by atomic mass is 16.5. The molecular formula is C14H21NO2. The highest BCUT2D eigenvalue weighted by Gasteiger charge is 2.01. The third kappa shape index (κ3) is 5.00. The number of hydrogen-bond donors (Lipinski definition) is 1. The van der Waals surface area contributed by atoms with Gasteiger partial charge in [-0.1, -0.05) is 6.92 Å². The van der Waals surface area contributed by atoms with Gasteiger partial charge in [0, 0.05) is 24.2 Å². The molecule has 0 saturated heterocycles. The molecule has 0 fully saturated rings. The van der Waals surface area contributed by atoms with E-state index in [9.17, 15) is 4.79 Å². The Morgan fingerprint density at radius 3 is 2.47 bits per heavy atom. The van der Waals surface area contributed by atoms with Crippen LogP contribution in [-0.2, 0) is 4.74 Å². The number of anilines is 1. The Hall–Kier alpha value is -1.35. The third-order valence-corrected chi connectivity index (χ3v) is 2.41. The van der Waals surface area contributed by atoms with Gasteiger partial charge in [-0.15, -0.1) is 0 Å². The normalized spacial score (nSPS) is 10.6. The molecular weight excluding hydrogens is 214 g/mol. The summed E-state index contributed by atoms with van der Waals surface area (Å²) < 4.78 is 5.43. The summed E-state index contributed by atoms with van der Waals surface area (Å²) in [6, 6.07) is 7.57. The van der Waals surface area contributed by atoms with Crippen LogP contribution in [0.3, 0.4) is 0 Å². The van der Waals surface area contributed by atoms with Crippen LogP contribution in [0.1, 0.15) is 37.6 Å². The predicted octanol–water partition coefficient (Wildman–Crippen LogP) is 3.12. The van der Waals surface area contributed by atoms with Gasteiger partial charge in [-0.25, -0.2) is 0 Å². The molecule has 0 unspecified atom stereocenters. The van der Waals surface area contributed by atoms with E-state index in [0.29, 0.717) is 13.0 Å². The van der Waals surface area contributed by atoms with Gasteiger partial charge in [0.1, 0.15) is 0 Å². The fourth-order valence-corrected chi connectivity index (χ4v) is 1.47.